The van der Waals surface area contributed by atoms with Crippen LogP contribution < -0.4 is 29.6 Å². The predicted octanol–water partition coefficient (Wildman–Crippen LogP) is -0.395. The van der Waals surface area contributed by atoms with Gasteiger partial charge >= 0.3 is 29.6 Å². The van der Waals surface area contributed by atoms with E-state index in [2.05, 4.69) is 22.5 Å². The molecule has 0 spiro atoms. The largest absolute Gasteiger partial charge is 1.00 e. The molecule has 0 fully saturated rings. The fraction of sp³-hybridized carbons (Fsp3) is 0.800. The van der Waals surface area contributed by atoms with E-state index < -0.39 is 0 Å². The van der Waals surface area contributed by atoms with Gasteiger partial charge in [0.15, 0.2) is 0 Å². The monoisotopic (exact) mass is 276 g/mol. The molecule has 2 N–H and O–H groups in total. The second-order valence-electron chi connectivity index (χ2n) is 2.66. The molecule has 0 aromatic carbocycles. The Morgan fingerprint density at radius 2 is 1.29 bits per heavy atom. The summed E-state index contributed by atoms with van der Waals surface area (Å²) in [5, 5.41) is 17.6. The Labute approximate surface area is 120 Å². The molecule has 0 radical (unpaired) electrons. The summed E-state index contributed by atoms with van der Waals surface area (Å²) in [6.07, 6.45) is 6.94. The summed E-state index contributed by atoms with van der Waals surface area (Å²) in [4.78, 5) is 0. The molecule has 0 atom stereocenters. The molecule has 82 valence electrons. The molecule has 0 heterocycles. The fourth-order valence-corrected chi connectivity index (χ4v) is 0.754. The van der Waals surface area contributed by atoms with E-state index in [1.165, 1.54) is 0 Å². The van der Waals surface area contributed by atoms with Crippen LogP contribution in [0, 0.1) is 0 Å². The summed E-state index contributed by atoms with van der Waals surface area (Å²) in [5.74, 6) is 0. The number of allylic oxidation sites excluding steroid dienone is 1. The number of rotatable bonds is 7. The van der Waals surface area contributed by atoms with Crippen molar-refractivity contribution in [3.05, 3.63) is 12.7 Å². The predicted molar refractivity (Wildman–Crippen MR) is 62.4 cm³/mol. The molecule has 0 aromatic heterocycles. The number of hydrogen-bond acceptors (Lipinski definition) is 2. The molecule has 0 aliphatic heterocycles. The fourth-order valence-electron chi connectivity index (χ4n) is 0.754. The van der Waals surface area contributed by atoms with Crippen LogP contribution in [0.15, 0.2) is 12.7 Å². The number of halogens is 1. The Kier molecular flexibility index (Phi) is 34.8. The minimum Gasteiger partial charge on any atom is -1.00 e. The second-order valence-corrected chi connectivity index (χ2v) is 3.31. The van der Waals surface area contributed by atoms with Crippen LogP contribution in [0.3, 0.4) is 0 Å². The molecular weight excluding hydrogens is 255 g/mol. The van der Waals surface area contributed by atoms with Crippen LogP contribution in [0.2, 0.25) is 0 Å². The zero-order valence-corrected chi connectivity index (χ0v) is 12.8. The van der Waals surface area contributed by atoms with E-state index in [9.17, 15) is 0 Å². The third kappa shape index (κ3) is 29.2. The van der Waals surface area contributed by atoms with E-state index in [0.717, 1.165) is 37.4 Å². The molecule has 2 nitrogen and oxygen atoms in total. The second kappa shape index (κ2) is 23.7. The number of aliphatic hydroxyl groups excluding tert-OH is 2. The maximum Gasteiger partial charge on any atom is 1.00 e. The summed E-state index contributed by atoms with van der Waals surface area (Å²) in [6, 6.07) is 0. The molecule has 0 bridgehead atoms. The van der Waals surface area contributed by atoms with Crippen molar-refractivity contribution in [3.63, 3.8) is 0 Å². The Hall–Kier alpha value is 1.14. The van der Waals surface area contributed by atoms with Crippen molar-refractivity contribution in [2.24, 2.45) is 0 Å². The smallest absolute Gasteiger partial charge is 1.00 e. The van der Waals surface area contributed by atoms with Crippen molar-refractivity contribution in [2.75, 3.05) is 18.5 Å². The van der Waals surface area contributed by atoms with Crippen LogP contribution >= 0.6 is 15.9 Å². The topological polar surface area (TPSA) is 40.5 Å². The molecule has 0 saturated heterocycles. The van der Waals surface area contributed by atoms with Crippen LogP contribution in [0.4, 0.5) is 0 Å². The van der Waals surface area contributed by atoms with Gasteiger partial charge in [-0.25, -0.2) is 0 Å². The summed E-state index contributed by atoms with van der Waals surface area (Å²) >= 11 is 3.13. The number of unbranched alkanes of at least 4 members (excludes halogenated alkanes) is 4. The van der Waals surface area contributed by atoms with Gasteiger partial charge in [-0.1, -0.05) is 41.3 Å². The zero-order chi connectivity index (χ0) is 10.4. The van der Waals surface area contributed by atoms with Gasteiger partial charge in [0.05, 0.1) is 0 Å². The molecule has 14 heavy (non-hydrogen) atoms. The van der Waals surface area contributed by atoms with Crippen LogP contribution in [-0.2, 0) is 0 Å². The third-order valence-corrected chi connectivity index (χ3v) is 1.88. The van der Waals surface area contributed by atoms with E-state index in [1.807, 2.05) is 0 Å². The Morgan fingerprint density at radius 3 is 1.50 bits per heavy atom. The zero-order valence-electron chi connectivity index (χ0n) is 10.2. The van der Waals surface area contributed by atoms with Crippen molar-refractivity contribution in [2.45, 2.75) is 32.1 Å². The molecule has 0 aromatic rings. The van der Waals surface area contributed by atoms with E-state index in [0.29, 0.717) is 13.2 Å². The van der Waals surface area contributed by atoms with E-state index in [4.69, 9.17) is 10.2 Å². The molecule has 0 aliphatic carbocycles. The molecule has 0 rings (SSSR count). The van der Waals surface area contributed by atoms with E-state index in [1.54, 1.807) is 6.08 Å². The average Bonchev–Trinajstić information content (AvgIpc) is 2.18. The number of aliphatic hydroxyl groups is 2. The standard InChI is InChI=1S/C7H16O2.C3H5Br.Na.H/c8-6-4-2-1-3-5-7-9;1-2-3-4;;/h8-9H,1-7H2;2H,1,3H2;;/q;;+1;-1. The van der Waals surface area contributed by atoms with Crippen molar-refractivity contribution in [3.8, 4) is 0 Å². The number of alkyl halides is 1. The third-order valence-electron chi connectivity index (χ3n) is 1.43. The van der Waals surface area contributed by atoms with Gasteiger partial charge in [0.25, 0.3) is 0 Å². The van der Waals surface area contributed by atoms with Gasteiger partial charge in [-0.05, 0) is 12.8 Å². The minimum atomic E-state index is 0. The first-order chi connectivity index (χ1) is 6.33. The normalized spacial score (nSPS) is 8.21. The molecule has 0 saturated carbocycles. The Balaban J connectivity index is -0.0000000883. The van der Waals surface area contributed by atoms with Crippen molar-refractivity contribution >= 4 is 15.9 Å². The first-order valence-corrected chi connectivity index (χ1v) is 5.84. The quantitative estimate of drug-likeness (QED) is 0.288. The first-order valence-electron chi connectivity index (χ1n) is 4.72. The number of hydrogen-bond donors (Lipinski definition) is 2. The Bertz CT molecular complexity index is 91.5. The van der Waals surface area contributed by atoms with Crippen molar-refractivity contribution in [1.29, 1.82) is 0 Å². The summed E-state index contributed by atoms with van der Waals surface area (Å²) in [5.41, 5.74) is 0. The van der Waals surface area contributed by atoms with Gasteiger partial charge in [0, 0.05) is 18.5 Å². The summed E-state index contributed by atoms with van der Waals surface area (Å²) in [7, 11) is 0. The minimum absolute atomic E-state index is 0. The summed E-state index contributed by atoms with van der Waals surface area (Å²) in [6.45, 7) is 4.04. The summed E-state index contributed by atoms with van der Waals surface area (Å²) < 4.78 is 0. The first kappa shape index (κ1) is 20.5. The molecule has 0 unspecified atom stereocenters. The van der Waals surface area contributed by atoms with Gasteiger partial charge in [-0.15, -0.1) is 6.58 Å². The van der Waals surface area contributed by atoms with Gasteiger partial charge < -0.3 is 11.6 Å². The molecule has 0 aliphatic rings. The van der Waals surface area contributed by atoms with E-state index >= 15 is 0 Å². The van der Waals surface area contributed by atoms with Crippen LogP contribution in [0.1, 0.15) is 33.5 Å². The van der Waals surface area contributed by atoms with Gasteiger partial charge in [-0.3, -0.25) is 0 Å². The van der Waals surface area contributed by atoms with Crippen LogP contribution in [0.5, 0.6) is 0 Å². The molecule has 4 heteroatoms. The van der Waals surface area contributed by atoms with E-state index in [-0.39, 0.29) is 31.0 Å². The van der Waals surface area contributed by atoms with Gasteiger partial charge in [0.2, 0.25) is 0 Å². The maximum atomic E-state index is 8.37. The molecule has 0 amide bonds. The average molecular weight is 277 g/mol. The van der Waals surface area contributed by atoms with Gasteiger partial charge in [0.1, 0.15) is 0 Å². The maximum absolute atomic E-state index is 8.37. The van der Waals surface area contributed by atoms with Crippen LogP contribution in [-0.4, -0.2) is 28.8 Å². The van der Waals surface area contributed by atoms with Crippen molar-refractivity contribution in [1.82, 2.24) is 0 Å². The SMILES string of the molecule is C=CCBr.OCCCCCCCO.[H-].[Na+]. The van der Waals surface area contributed by atoms with Gasteiger partial charge in [-0.2, -0.15) is 0 Å². The Morgan fingerprint density at radius 1 is 1.00 bits per heavy atom. The van der Waals surface area contributed by atoms with Crippen LogP contribution in [0.25, 0.3) is 0 Å². The molecular formula is C10H22BrNaO2. The van der Waals surface area contributed by atoms with Crippen molar-refractivity contribution < 1.29 is 41.2 Å².